The van der Waals surface area contributed by atoms with E-state index in [2.05, 4.69) is 11.9 Å². The van der Waals surface area contributed by atoms with Gasteiger partial charge in [-0.3, -0.25) is 0 Å². The lowest BCUT2D eigenvalue weighted by Gasteiger charge is -2.04. The number of rotatable bonds is 1. The molecule has 1 atom stereocenters. The predicted molar refractivity (Wildman–Crippen MR) is 31.2 cm³/mol. The van der Waals surface area contributed by atoms with Gasteiger partial charge in [-0.15, -0.1) is 0 Å². The molecule has 0 aromatic carbocycles. The van der Waals surface area contributed by atoms with Crippen LogP contribution in [0.15, 0.2) is 0 Å². The molecule has 0 N–H and O–H groups in total. The van der Waals surface area contributed by atoms with Crippen molar-refractivity contribution in [1.82, 2.24) is 4.90 Å². The summed E-state index contributed by atoms with van der Waals surface area (Å²) in [5.41, 5.74) is 0. The van der Waals surface area contributed by atoms with E-state index >= 15 is 0 Å². The molecule has 0 aromatic rings. The van der Waals surface area contributed by atoms with Gasteiger partial charge in [0.2, 0.25) is 0 Å². The van der Waals surface area contributed by atoms with Gasteiger partial charge in [0.05, 0.1) is 6.61 Å². The van der Waals surface area contributed by atoms with Gasteiger partial charge in [0, 0.05) is 6.54 Å². The molecular weight excluding hydrogens is 102 g/mol. The molecule has 0 aromatic heterocycles. The Balaban J connectivity index is 2.22. The molecule has 8 heavy (non-hydrogen) atoms. The summed E-state index contributed by atoms with van der Waals surface area (Å²) in [6.07, 6.45) is 1.11. The van der Waals surface area contributed by atoms with Gasteiger partial charge < -0.3 is 4.90 Å². The topological polar surface area (TPSA) is 23.1 Å². The molecule has 1 aliphatic heterocycles. The normalized spacial score (nSPS) is 31.5. The number of nitrogens with zero attached hydrogens (tertiary/aromatic N) is 1. The van der Waals surface area contributed by atoms with E-state index in [1.807, 2.05) is 0 Å². The zero-order chi connectivity index (χ0) is 5.98. The molecule has 0 saturated carbocycles. The lowest BCUT2D eigenvalue weighted by molar-refractivity contribution is 0.146. The summed E-state index contributed by atoms with van der Waals surface area (Å²) in [6, 6.07) is 0. The zero-order valence-electron chi connectivity index (χ0n) is 5.26. The molecule has 1 aliphatic rings. The summed E-state index contributed by atoms with van der Waals surface area (Å²) in [7, 11) is 2.07. The van der Waals surface area contributed by atoms with Crippen LogP contribution >= 0.6 is 0 Å². The molecule has 2 heteroatoms. The Morgan fingerprint density at radius 2 is 2.50 bits per heavy atom. The average Bonchev–Trinajstić information content (AvgIpc) is 2.14. The number of hydrogen-bond acceptors (Lipinski definition) is 1. The molecule has 0 amide bonds. The van der Waals surface area contributed by atoms with Gasteiger partial charge in [-0.1, -0.05) is 0 Å². The van der Waals surface area contributed by atoms with Crippen LogP contribution in [-0.4, -0.2) is 31.6 Å². The summed E-state index contributed by atoms with van der Waals surface area (Å²) in [4.78, 5) is 2.21. The van der Waals surface area contributed by atoms with Gasteiger partial charge in [-0.05, 0) is 25.9 Å². The van der Waals surface area contributed by atoms with Crippen molar-refractivity contribution in [3.05, 3.63) is 0 Å². The van der Waals surface area contributed by atoms with E-state index in [1.54, 1.807) is 0 Å². The highest BCUT2D eigenvalue weighted by Crippen LogP contribution is 2.12. The third-order valence-electron chi connectivity index (χ3n) is 1.72. The summed E-state index contributed by atoms with van der Waals surface area (Å²) < 4.78 is 0. The van der Waals surface area contributed by atoms with Crippen molar-refractivity contribution in [3.8, 4) is 0 Å². The van der Waals surface area contributed by atoms with Crippen molar-refractivity contribution in [2.45, 2.75) is 6.42 Å². The Labute approximate surface area is 50.1 Å². The standard InChI is InChI=1S/C6H12NO/c1-7-3-2-6(4-7)5-8/h6H,2-5H2,1H3. The Morgan fingerprint density at radius 1 is 1.75 bits per heavy atom. The van der Waals surface area contributed by atoms with Gasteiger partial charge in [0.25, 0.3) is 0 Å². The first kappa shape index (κ1) is 6.05. The van der Waals surface area contributed by atoms with Gasteiger partial charge in [-0.2, -0.15) is 0 Å². The summed E-state index contributed by atoms with van der Waals surface area (Å²) in [6.45, 7) is 2.25. The van der Waals surface area contributed by atoms with E-state index < -0.39 is 0 Å². The smallest absolute Gasteiger partial charge is 0.0863 e. The maximum atomic E-state index is 10.3. The molecule has 1 unspecified atom stereocenters. The van der Waals surface area contributed by atoms with Crippen LogP contribution < -0.4 is 0 Å². The van der Waals surface area contributed by atoms with Gasteiger partial charge in [0.1, 0.15) is 0 Å². The fraction of sp³-hybridized carbons (Fsp3) is 1.00. The molecule has 1 radical (unpaired) electrons. The third kappa shape index (κ3) is 1.20. The minimum atomic E-state index is 0.115. The maximum absolute atomic E-state index is 10.3. The van der Waals surface area contributed by atoms with Crippen molar-refractivity contribution in [3.63, 3.8) is 0 Å². The lowest BCUT2D eigenvalue weighted by atomic mass is 10.1. The molecule has 1 heterocycles. The van der Waals surface area contributed by atoms with E-state index in [0.717, 1.165) is 19.5 Å². The van der Waals surface area contributed by atoms with E-state index in [-0.39, 0.29) is 6.61 Å². The van der Waals surface area contributed by atoms with Crippen LogP contribution in [0.4, 0.5) is 0 Å². The van der Waals surface area contributed by atoms with E-state index in [4.69, 9.17) is 0 Å². The monoisotopic (exact) mass is 114 g/mol. The second-order valence-corrected chi connectivity index (χ2v) is 2.58. The minimum absolute atomic E-state index is 0.115. The first-order valence-corrected chi connectivity index (χ1v) is 3.09. The van der Waals surface area contributed by atoms with E-state index in [0.29, 0.717) is 5.92 Å². The molecule has 0 aliphatic carbocycles. The lowest BCUT2D eigenvalue weighted by Crippen LogP contribution is -2.15. The third-order valence-corrected chi connectivity index (χ3v) is 1.72. The van der Waals surface area contributed by atoms with Crippen LogP contribution in [-0.2, 0) is 5.11 Å². The fourth-order valence-electron chi connectivity index (χ4n) is 1.16. The van der Waals surface area contributed by atoms with Crippen LogP contribution in [0.1, 0.15) is 6.42 Å². The predicted octanol–water partition coefficient (Wildman–Crippen LogP) is 0.369. The van der Waals surface area contributed by atoms with Crippen molar-refractivity contribution in [1.29, 1.82) is 0 Å². The second-order valence-electron chi connectivity index (χ2n) is 2.58. The fourth-order valence-corrected chi connectivity index (χ4v) is 1.16. The molecule has 1 rings (SSSR count). The largest absolute Gasteiger partial charge is 0.306 e. The Morgan fingerprint density at radius 3 is 2.75 bits per heavy atom. The van der Waals surface area contributed by atoms with E-state index in [1.165, 1.54) is 0 Å². The summed E-state index contributed by atoms with van der Waals surface area (Å²) in [5, 5.41) is 10.3. The highest BCUT2D eigenvalue weighted by molar-refractivity contribution is 4.71. The quantitative estimate of drug-likeness (QED) is 0.483. The Kier molecular flexibility index (Phi) is 1.86. The highest BCUT2D eigenvalue weighted by atomic mass is 16.3. The first-order valence-electron chi connectivity index (χ1n) is 3.09. The van der Waals surface area contributed by atoms with Crippen molar-refractivity contribution < 1.29 is 5.11 Å². The van der Waals surface area contributed by atoms with Gasteiger partial charge in [-0.25, -0.2) is 5.11 Å². The molecule has 2 nitrogen and oxygen atoms in total. The van der Waals surface area contributed by atoms with Gasteiger partial charge in [0.15, 0.2) is 0 Å². The summed E-state index contributed by atoms with van der Waals surface area (Å²) in [5.74, 6) is 0.444. The summed E-state index contributed by atoms with van der Waals surface area (Å²) >= 11 is 0. The molecule has 0 spiro atoms. The average molecular weight is 114 g/mol. The maximum Gasteiger partial charge on any atom is 0.0863 e. The van der Waals surface area contributed by atoms with Crippen LogP contribution in [0.2, 0.25) is 0 Å². The molecular formula is C6H12NO. The number of hydrogen-bond donors (Lipinski definition) is 0. The Bertz CT molecular complexity index is 74.9. The van der Waals surface area contributed by atoms with E-state index in [9.17, 15) is 5.11 Å². The molecule has 0 bridgehead atoms. The molecule has 47 valence electrons. The van der Waals surface area contributed by atoms with Crippen molar-refractivity contribution >= 4 is 0 Å². The highest BCUT2D eigenvalue weighted by Gasteiger charge is 2.17. The Hall–Kier alpha value is -0.0800. The van der Waals surface area contributed by atoms with Crippen molar-refractivity contribution in [2.24, 2.45) is 5.92 Å². The first-order chi connectivity index (χ1) is 3.83. The zero-order valence-corrected chi connectivity index (χ0v) is 5.26. The second kappa shape index (κ2) is 2.46. The molecule has 1 saturated heterocycles. The number of likely N-dealkylation sites (tertiary alicyclic amines) is 1. The van der Waals surface area contributed by atoms with Crippen LogP contribution in [0, 0.1) is 5.92 Å². The van der Waals surface area contributed by atoms with Crippen LogP contribution in [0.5, 0.6) is 0 Å². The van der Waals surface area contributed by atoms with Crippen LogP contribution in [0.3, 0.4) is 0 Å². The van der Waals surface area contributed by atoms with Crippen LogP contribution in [0.25, 0.3) is 0 Å². The van der Waals surface area contributed by atoms with Gasteiger partial charge >= 0.3 is 0 Å². The SMILES string of the molecule is CN1CCC(C[O])C1. The molecule has 1 fully saturated rings. The van der Waals surface area contributed by atoms with Crippen molar-refractivity contribution in [2.75, 3.05) is 26.7 Å². The minimum Gasteiger partial charge on any atom is -0.306 e.